The summed E-state index contributed by atoms with van der Waals surface area (Å²) in [5.74, 6) is -1.57. The number of amides is 2. The van der Waals surface area contributed by atoms with Gasteiger partial charge in [-0.15, -0.1) is 0 Å². The van der Waals surface area contributed by atoms with Gasteiger partial charge in [0.1, 0.15) is 5.82 Å². The summed E-state index contributed by atoms with van der Waals surface area (Å²) in [4.78, 5) is 28.7. The highest BCUT2D eigenvalue weighted by molar-refractivity contribution is 6.25. The van der Waals surface area contributed by atoms with E-state index in [1.54, 1.807) is 0 Å². The zero-order valence-corrected chi connectivity index (χ0v) is 15.8. The van der Waals surface area contributed by atoms with E-state index >= 15 is 0 Å². The van der Waals surface area contributed by atoms with Crippen LogP contribution in [0.1, 0.15) is 41.0 Å². The van der Waals surface area contributed by atoms with Crippen LogP contribution >= 0.6 is 0 Å². The molecule has 142 valence electrons. The second-order valence-corrected chi connectivity index (χ2v) is 8.38. The highest BCUT2D eigenvalue weighted by atomic mass is 19.1. The molecule has 0 N–H and O–H groups in total. The molecule has 29 heavy (non-hydrogen) atoms. The van der Waals surface area contributed by atoms with Crippen LogP contribution in [0.4, 0.5) is 10.1 Å². The van der Waals surface area contributed by atoms with Crippen LogP contribution in [0.2, 0.25) is 0 Å². The quantitative estimate of drug-likeness (QED) is 0.576. The number of hydrogen-bond donors (Lipinski definition) is 0. The van der Waals surface area contributed by atoms with Crippen LogP contribution in [0.25, 0.3) is 0 Å². The lowest BCUT2D eigenvalue weighted by Crippen LogP contribution is -2.49. The van der Waals surface area contributed by atoms with Gasteiger partial charge in [-0.1, -0.05) is 48.5 Å². The average Bonchev–Trinajstić information content (AvgIpc) is 2.95. The van der Waals surface area contributed by atoms with Crippen LogP contribution in [0.3, 0.4) is 0 Å². The van der Waals surface area contributed by atoms with Crippen molar-refractivity contribution in [1.82, 2.24) is 0 Å². The molecule has 7 rings (SSSR count). The van der Waals surface area contributed by atoms with Gasteiger partial charge < -0.3 is 0 Å². The van der Waals surface area contributed by atoms with E-state index in [9.17, 15) is 14.0 Å². The molecule has 1 aliphatic heterocycles. The fourth-order valence-corrected chi connectivity index (χ4v) is 5.95. The van der Waals surface area contributed by atoms with Gasteiger partial charge in [-0.05, 0) is 53.4 Å². The molecule has 1 fully saturated rings. The number of nitrogens with zero attached hydrogens (tertiary/aromatic N) is 1. The standard InChI is InChI=1S/C25H18FNO2/c1-25-21-18-8-4-2-6-16(18)20(17-7-3-5-9-19(17)21)22(25)23(28)27(24(25)29)15-12-10-14(26)11-13-15/h2-13,20-22H,1H3/t20?,21?,22-,25-/m1/s1. The van der Waals surface area contributed by atoms with Gasteiger partial charge in [-0.2, -0.15) is 0 Å². The zero-order chi connectivity index (χ0) is 19.9. The molecule has 3 aliphatic carbocycles. The first-order valence-electron chi connectivity index (χ1n) is 9.85. The maximum absolute atomic E-state index is 13.8. The fourth-order valence-electron chi connectivity index (χ4n) is 5.95. The first-order chi connectivity index (χ1) is 14.0. The molecule has 1 heterocycles. The Morgan fingerprint density at radius 3 is 1.86 bits per heavy atom. The molecule has 3 aromatic carbocycles. The Morgan fingerprint density at radius 1 is 0.793 bits per heavy atom. The number of carbonyl (C=O) groups is 2. The van der Waals surface area contributed by atoms with Gasteiger partial charge in [0.05, 0.1) is 17.0 Å². The van der Waals surface area contributed by atoms with Crippen LogP contribution in [0, 0.1) is 17.2 Å². The van der Waals surface area contributed by atoms with E-state index in [2.05, 4.69) is 24.3 Å². The van der Waals surface area contributed by atoms with Crippen molar-refractivity contribution >= 4 is 17.5 Å². The van der Waals surface area contributed by atoms with Crippen molar-refractivity contribution < 1.29 is 14.0 Å². The summed E-state index contributed by atoms with van der Waals surface area (Å²) in [6.07, 6.45) is 0. The van der Waals surface area contributed by atoms with Gasteiger partial charge in [-0.3, -0.25) is 9.59 Å². The Bertz CT molecular complexity index is 1150. The zero-order valence-electron chi connectivity index (χ0n) is 15.8. The average molecular weight is 383 g/mol. The van der Waals surface area contributed by atoms with E-state index in [4.69, 9.17) is 0 Å². The van der Waals surface area contributed by atoms with E-state index in [0.29, 0.717) is 5.69 Å². The molecule has 2 amide bonds. The summed E-state index contributed by atoms with van der Waals surface area (Å²) >= 11 is 0. The Labute approximate surface area is 167 Å². The summed E-state index contributed by atoms with van der Waals surface area (Å²) in [6, 6.07) is 21.9. The highest BCUT2D eigenvalue weighted by Gasteiger charge is 2.68. The molecule has 0 radical (unpaired) electrons. The van der Waals surface area contributed by atoms with E-state index in [1.807, 2.05) is 31.2 Å². The van der Waals surface area contributed by atoms with Crippen molar-refractivity contribution in [2.45, 2.75) is 18.8 Å². The van der Waals surface area contributed by atoms with Gasteiger partial charge in [0, 0.05) is 11.8 Å². The van der Waals surface area contributed by atoms with Gasteiger partial charge in [0.2, 0.25) is 11.8 Å². The molecule has 4 aliphatic rings. The van der Waals surface area contributed by atoms with E-state index in [-0.39, 0.29) is 23.7 Å². The first-order valence-corrected chi connectivity index (χ1v) is 9.85. The largest absolute Gasteiger partial charge is 0.274 e. The third kappa shape index (κ3) is 1.87. The van der Waals surface area contributed by atoms with E-state index in [1.165, 1.54) is 29.2 Å². The van der Waals surface area contributed by atoms with Crippen LogP contribution in [-0.4, -0.2) is 11.8 Å². The molecule has 0 unspecified atom stereocenters. The third-order valence-corrected chi connectivity index (χ3v) is 7.10. The Balaban J connectivity index is 1.61. The smallest absolute Gasteiger partial charge is 0.241 e. The van der Waals surface area contributed by atoms with Crippen molar-refractivity contribution in [3.05, 3.63) is 101 Å². The number of imide groups is 1. The molecule has 4 heteroatoms. The van der Waals surface area contributed by atoms with Gasteiger partial charge >= 0.3 is 0 Å². The topological polar surface area (TPSA) is 37.4 Å². The van der Waals surface area contributed by atoms with Crippen molar-refractivity contribution in [2.24, 2.45) is 11.3 Å². The monoisotopic (exact) mass is 383 g/mol. The van der Waals surface area contributed by atoms with Crippen LogP contribution in [0.5, 0.6) is 0 Å². The molecule has 2 atom stereocenters. The Hall–Kier alpha value is -3.27. The first kappa shape index (κ1) is 16.7. The second-order valence-electron chi connectivity index (χ2n) is 8.38. The predicted octanol–water partition coefficient (Wildman–Crippen LogP) is 4.61. The number of halogens is 1. The lowest BCUT2D eigenvalue weighted by atomic mass is 9.48. The van der Waals surface area contributed by atoms with Crippen LogP contribution in [-0.2, 0) is 9.59 Å². The normalized spacial score (nSPS) is 28.9. The minimum atomic E-state index is -0.862. The molecule has 1 saturated heterocycles. The van der Waals surface area contributed by atoms with E-state index < -0.39 is 17.2 Å². The van der Waals surface area contributed by atoms with Crippen molar-refractivity contribution in [2.75, 3.05) is 4.90 Å². The van der Waals surface area contributed by atoms with Gasteiger partial charge in [0.25, 0.3) is 0 Å². The van der Waals surface area contributed by atoms with E-state index in [0.717, 1.165) is 22.3 Å². The molecule has 0 aromatic heterocycles. The fraction of sp³-hybridized carbons (Fsp3) is 0.200. The van der Waals surface area contributed by atoms with Crippen LogP contribution < -0.4 is 4.90 Å². The van der Waals surface area contributed by atoms with Crippen molar-refractivity contribution in [3.8, 4) is 0 Å². The molecule has 0 saturated carbocycles. The predicted molar refractivity (Wildman–Crippen MR) is 107 cm³/mol. The minimum absolute atomic E-state index is 0.153. The second kappa shape index (κ2) is 5.41. The molecular formula is C25H18FNO2. The molecule has 3 nitrogen and oxygen atoms in total. The Kier molecular flexibility index (Phi) is 3.11. The van der Waals surface area contributed by atoms with Crippen molar-refractivity contribution in [3.63, 3.8) is 0 Å². The number of benzene rings is 3. The lowest BCUT2D eigenvalue weighted by Gasteiger charge is -2.51. The highest BCUT2D eigenvalue weighted by Crippen LogP contribution is 2.67. The molecular weight excluding hydrogens is 365 g/mol. The maximum atomic E-state index is 13.8. The number of carbonyl (C=O) groups excluding carboxylic acids is 2. The molecule has 3 aromatic rings. The SMILES string of the molecule is C[C@]12C(=O)N(c3ccc(F)cc3)C(=O)[C@H]1C1c3ccccc3C2c2ccccc21. The summed E-state index contributed by atoms with van der Waals surface area (Å²) in [6.45, 7) is 1.94. The van der Waals surface area contributed by atoms with Gasteiger partial charge in [0.15, 0.2) is 0 Å². The molecule has 0 spiro atoms. The lowest BCUT2D eigenvalue weighted by molar-refractivity contribution is -0.128. The number of rotatable bonds is 1. The Morgan fingerprint density at radius 2 is 1.31 bits per heavy atom. The maximum Gasteiger partial charge on any atom is 0.241 e. The van der Waals surface area contributed by atoms with Gasteiger partial charge in [-0.25, -0.2) is 9.29 Å². The van der Waals surface area contributed by atoms with Crippen molar-refractivity contribution in [1.29, 1.82) is 0 Å². The summed E-state index contributed by atoms with van der Waals surface area (Å²) < 4.78 is 13.4. The summed E-state index contributed by atoms with van der Waals surface area (Å²) in [7, 11) is 0. The summed E-state index contributed by atoms with van der Waals surface area (Å²) in [5, 5.41) is 0. The van der Waals surface area contributed by atoms with Crippen LogP contribution in [0.15, 0.2) is 72.8 Å². The third-order valence-electron chi connectivity index (χ3n) is 7.10. The number of anilines is 1. The summed E-state index contributed by atoms with van der Waals surface area (Å²) in [5.41, 5.74) is 4.12. The number of hydrogen-bond acceptors (Lipinski definition) is 2. The molecule has 2 bridgehead atoms. The minimum Gasteiger partial charge on any atom is -0.274 e.